The van der Waals surface area contributed by atoms with Crippen molar-refractivity contribution in [3.63, 3.8) is 0 Å². The molecule has 1 saturated carbocycles. The Labute approximate surface area is 129 Å². The molecule has 0 amide bonds. The fourth-order valence-corrected chi connectivity index (χ4v) is 4.47. The zero-order chi connectivity index (χ0) is 14.5. The van der Waals surface area contributed by atoms with Gasteiger partial charge in [-0.3, -0.25) is 4.90 Å². The summed E-state index contributed by atoms with van der Waals surface area (Å²) < 4.78 is 0. The molecule has 2 nitrogen and oxygen atoms in total. The summed E-state index contributed by atoms with van der Waals surface area (Å²) >= 11 is 0. The number of piperidine rings is 1. The summed E-state index contributed by atoms with van der Waals surface area (Å²) in [5, 5.41) is 0. The minimum absolute atomic E-state index is 0.766. The van der Waals surface area contributed by atoms with Crippen molar-refractivity contribution in [2.75, 3.05) is 13.1 Å². The zero-order valence-electron chi connectivity index (χ0n) is 13.2. The van der Waals surface area contributed by atoms with Crippen LogP contribution in [0.4, 0.5) is 0 Å². The van der Waals surface area contributed by atoms with Crippen molar-refractivity contribution in [2.24, 2.45) is 5.73 Å². The van der Waals surface area contributed by atoms with Crippen LogP contribution >= 0.6 is 0 Å². The molecule has 0 bridgehead atoms. The molecular weight excluding hydrogens is 256 g/mol. The second-order valence-electron chi connectivity index (χ2n) is 6.88. The number of hydrogen-bond acceptors (Lipinski definition) is 2. The molecule has 1 aliphatic heterocycles. The maximum atomic E-state index is 5.82. The number of likely N-dealkylation sites (tertiary alicyclic amines) is 1. The molecule has 21 heavy (non-hydrogen) atoms. The summed E-state index contributed by atoms with van der Waals surface area (Å²) in [6, 6.07) is 12.7. The molecule has 0 spiro atoms. The van der Waals surface area contributed by atoms with Crippen molar-refractivity contribution >= 4 is 0 Å². The second-order valence-corrected chi connectivity index (χ2v) is 6.88. The Hall–Kier alpha value is -0.860. The van der Waals surface area contributed by atoms with Crippen LogP contribution in [0.1, 0.15) is 62.8 Å². The number of nitrogens with zero attached hydrogens (tertiary/aromatic N) is 1. The van der Waals surface area contributed by atoms with Gasteiger partial charge >= 0.3 is 0 Å². The number of rotatable bonds is 4. The van der Waals surface area contributed by atoms with Gasteiger partial charge in [0.05, 0.1) is 0 Å². The van der Waals surface area contributed by atoms with Gasteiger partial charge in [0.2, 0.25) is 0 Å². The van der Waals surface area contributed by atoms with Gasteiger partial charge in [0, 0.05) is 12.1 Å². The standard InChI is InChI=1S/C19H30N2/c20-14-13-18-8-4-5-15-21(18)19-11-9-17(10-12-19)16-6-2-1-3-7-16/h1-3,6-7,17-19H,4-5,8-15,20H2. The normalized spacial score (nSPS) is 31.2. The predicted molar refractivity (Wildman–Crippen MR) is 89.5 cm³/mol. The zero-order valence-corrected chi connectivity index (χ0v) is 13.2. The largest absolute Gasteiger partial charge is 0.330 e. The Morgan fingerprint density at radius 2 is 1.71 bits per heavy atom. The third kappa shape index (κ3) is 3.67. The van der Waals surface area contributed by atoms with Crippen LogP contribution in [0, 0.1) is 0 Å². The third-order valence-electron chi connectivity index (χ3n) is 5.61. The maximum absolute atomic E-state index is 5.82. The van der Waals surface area contributed by atoms with Crippen molar-refractivity contribution in [3.8, 4) is 0 Å². The van der Waals surface area contributed by atoms with Crippen molar-refractivity contribution in [3.05, 3.63) is 35.9 Å². The van der Waals surface area contributed by atoms with Gasteiger partial charge in [-0.15, -0.1) is 0 Å². The van der Waals surface area contributed by atoms with Gasteiger partial charge < -0.3 is 5.73 Å². The molecule has 1 atom stereocenters. The molecule has 1 aromatic carbocycles. The molecule has 116 valence electrons. The number of nitrogens with two attached hydrogens (primary N) is 1. The van der Waals surface area contributed by atoms with E-state index in [-0.39, 0.29) is 0 Å². The molecule has 3 rings (SSSR count). The van der Waals surface area contributed by atoms with E-state index >= 15 is 0 Å². The van der Waals surface area contributed by atoms with E-state index in [1.54, 1.807) is 5.56 Å². The summed E-state index contributed by atoms with van der Waals surface area (Å²) in [4.78, 5) is 2.82. The van der Waals surface area contributed by atoms with Crippen LogP contribution in [0.15, 0.2) is 30.3 Å². The minimum Gasteiger partial charge on any atom is -0.330 e. The molecular formula is C19H30N2. The van der Waals surface area contributed by atoms with Crippen LogP contribution in [-0.4, -0.2) is 30.1 Å². The van der Waals surface area contributed by atoms with Crippen LogP contribution in [0.5, 0.6) is 0 Å². The third-order valence-corrected chi connectivity index (χ3v) is 5.61. The Kier molecular flexibility index (Phi) is 5.32. The van der Waals surface area contributed by atoms with Crippen molar-refractivity contribution in [1.29, 1.82) is 0 Å². The van der Waals surface area contributed by atoms with Crippen LogP contribution in [-0.2, 0) is 0 Å². The summed E-state index contributed by atoms with van der Waals surface area (Å²) in [5.41, 5.74) is 7.37. The highest BCUT2D eigenvalue weighted by molar-refractivity contribution is 5.20. The topological polar surface area (TPSA) is 29.3 Å². The SMILES string of the molecule is NCCC1CCCCN1C1CCC(c2ccccc2)CC1. The van der Waals surface area contributed by atoms with Crippen LogP contribution in [0.3, 0.4) is 0 Å². The first-order valence-corrected chi connectivity index (χ1v) is 8.89. The molecule has 1 saturated heterocycles. The Bertz CT molecular complexity index is 407. The van der Waals surface area contributed by atoms with Crippen molar-refractivity contribution in [1.82, 2.24) is 4.90 Å². The van der Waals surface area contributed by atoms with Crippen molar-refractivity contribution < 1.29 is 0 Å². The summed E-state index contributed by atoms with van der Waals surface area (Å²) in [6.45, 7) is 2.16. The lowest BCUT2D eigenvalue weighted by Gasteiger charge is -2.44. The summed E-state index contributed by atoms with van der Waals surface area (Å²) in [7, 11) is 0. The summed E-state index contributed by atoms with van der Waals surface area (Å²) in [6.07, 6.45) is 10.8. The fourth-order valence-electron chi connectivity index (χ4n) is 4.47. The summed E-state index contributed by atoms with van der Waals surface area (Å²) in [5.74, 6) is 0.792. The highest BCUT2D eigenvalue weighted by atomic mass is 15.2. The molecule has 0 aromatic heterocycles. The van der Waals surface area contributed by atoms with Crippen LogP contribution < -0.4 is 5.73 Å². The van der Waals surface area contributed by atoms with E-state index < -0.39 is 0 Å². The molecule has 1 aromatic rings. The lowest BCUT2D eigenvalue weighted by Crippen LogP contribution is -2.48. The maximum Gasteiger partial charge on any atom is 0.0110 e. The highest BCUT2D eigenvalue weighted by Crippen LogP contribution is 2.36. The molecule has 1 aliphatic carbocycles. The molecule has 2 heteroatoms. The van der Waals surface area contributed by atoms with Gasteiger partial charge in [0.25, 0.3) is 0 Å². The predicted octanol–water partition coefficient (Wildman–Crippen LogP) is 3.92. The fraction of sp³-hybridized carbons (Fsp3) is 0.684. The van der Waals surface area contributed by atoms with E-state index in [2.05, 4.69) is 35.2 Å². The van der Waals surface area contributed by atoms with E-state index in [1.807, 2.05) is 0 Å². The first kappa shape index (κ1) is 15.1. The van der Waals surface area contributed by atoms with E-state index in [1.165, 1.54) is 57.9 Å². The van der Waals surface area contributed by atoms with Crippen molar-refractivity contribution in [2.45, 2.75) is 69.4 Å². The average Bonchev–Trinajstić information content (AvgIpc) is 2.57. The van der Waals surface area contributed by atoms with E-state index in [9.17, 15) is 0 Å². The van der Waals surface area contributed by atoms with E-state index in [0.717, 1.165) is 24.5 Å². The first-order chi connectivity index (χ1) is 10.4. The molecule has 2 fully saturated rings. The number of benzene rings is 1. The Morgan fingerprint density at radius 3 is 2.43 bits per heavy atom. The molecule has 2 aliphatic rings. The minimum atomic E-state index is 0.766. The Morgan fingerprint density at radius 1 is 0.952 bits per heavy atom. The van der Waals surface area contributed by atoms with Gasteiger partial charge in [0.1, 0.15) is 0 Å². The molecule has 1 heterocycles. The first-order valence-electron chi connectivity index (χ1n) is 8.89. The smallest absolute Gasteiger partial charge is 0.0110 e. The van der Waals surface area contributed by atoms with Gasteiger partial charge in [-0.05, 0) is 69.5 Å². The molecule has 1 unspecified atom stereocenters. The highest BCUT2D eigenvalue weighted by Gasteiger charge is 2.31. The van der Waals surface area contributed by atoms with Crippen LogP contribution in [0.2, 0.25) is 0 Å². The lowest BCUT2D eigenvalue weighted by atomic mass is 9.80. The monoisotopic (exact) mass is 286 g/mol. The quantitative estimate of drug-likeness (QED) is 0.909. The second kappa shape index (κ2) is 7.42. The molecule has 2 N–H and O–H groups in total. The van der Waals surface area contributed by atoms with Crippen LogP contribution in [0.25, 0.3) is 0 Å². The number of hydrogen-bond donors (Lipinski definition) is 1. The average molecular weight is 286 g/mol. The lowest BCUT2D eigenvalue weighted by molar-refractivity contribution is 0.0657. The van der Waals surface area contributed by atoms with Gasteiger partial charge in [-0.2, -0.15) is 0 Å². The van der Waals surface area contributed by atoms with Gasteiger partial charge in [-0.1, -0.05) is 36.8 Å². The molecule has 0 radical (unpaired) electrons. The Balaban J connectivity index is 1.57. The van der Waals surface area contributed by atoms with Gasteiger partial charge in [-0.25, -0.2) is 0 Å². The van der Waals surface area contributed by atoms with E-state index in [0.29, 0.717) is 0 Å². The van der Waals surface area contributed by atoms with Gasteiger partial charge in [0.15, 0.2) is 0 Å². The van der Waals surface area contributed by atoms with E-state index in [4.69, 9.17) is 5.73 Å².